The summed E-state index contributed by atoms with van der Waals surface area (Å²) in [5.74, 6) is 0.909. The van der Waals surface area contributed by atoms with E-state index in [9.17, 15) is 9.59 Å². The van der Waals surface area contributed by atoms with Gasteiger partial charge in [-0.05, 0) is 66.6 Å². The van der Waals surface area contributed by atoms with Crippen molar-refractivity contribution in [1.29, 1.82) is 0 Å². The number of aromatic amines is 1. The zero-order chi connectivity index (χ0) is 24.0. The van der Waals surface area contributed by atoms with Gasteiger partial charge in [0.05, 0.1) is 16.8 Å². The van der Waals surface area contributed by atoms with E-state index in [0.29, 0.717) is 33.7 Å². The standard InChI is InChI=1S/C28H28ClN3O2/c1-16(2)19-10-11-32(15-19)28(34)22-12-17(3)30-25(22)14-23-26-21(18-6-4-7-20(29)13-18)8-5-9-24(26)31-27(23)33/h4-9,12-14,16,19,30H,10-11,15H2,1-3H3,(H,31,33)/t19-/m1/s1. The minimum atomic E-state index is -0.184. The maximum Gasteiger partial charge on any atom is 0.256 e. The molecule has 2 aliphatic heterocycles. The van der Waals surface area contributed by atoms with Crippen LogP contribution in [0.3, 0.4) is 0 Å². The molecule has 6 heteroatoms. The quantitative estimate of drug-likeness (QED) is 0.439. The monoisotopic (exact) mass is 473 g/mol. The van der Waals surface area contributed by atoms with Crippen LogP contribution in [-0.4, -0.2) is 34.8 Å². The molecule has 0 spiro atoms. The van der Waals surface area contributed by atoms with Crippen molar-refractivity contribution in [2.45, 2.75) is 27.2 Å². The highest BCUT2D eigenvalue weighted by molar-refractivity contribution is 6.36. The predicted octanol–water partition coefficient (Wildman–Crippen LogP) is 6.25. The van der Waals surface area contributed by atoms with Crippen molar-refractivity contribution in [2.75, 3.05) is 18.4 Å². The maximum absolute atomic E-state index is 13.4. The van der Waals surface area contributed by atoms with Gasteiger partial charge >= 0.3 is 0 Å². The van der Waals surface area contributed by atoms with Gasteiger partial charge in [0.1, 0.15) is 0 Å². The Morgan fingerprint density at radius 3 is 2.71 bits per heavy atom. The summed E-state index contributed by atoms with van der Waals surface area (Å²) in [4.78, 5) is 31.7. The molecular weight excluding hydrogens is 446 g/mol. The third-order valence-corrected chi connectivity index (χ3v) is 7.15. The number of carbonyl (C=O) groups excluding carboxylic acids is 2. The first-order valence-corrected chi connectivity index (χ1v) is 12.1. The predicted molar refractivity (Wildman–Crippen MR) is 138 cm³/mol. The third-order valence-electron chi connectivity index (χ3n) is 6.92. The van der Waals surface area contributed by atoms with Gasteiger partial charge in [-0.2, -0.15) is 0 Å². The van der Waals surface area contributed by atoms with Crippen molar-refractivity contribution in [3.63, 3.8) is 0 Å². The highest BCUT2D eigenvalue weighted by Gasteiger charge is 2.32. The molecule has 0 saturated carbocycles. The summed E-state index contributed by atoms with van der Waals surface area (Å²) in [5, 5.41) is 3.61. The van der Waals surface area contributed by atoms with Crippen LogP contribution in [0.25, 0.3) is 22.8 Å². The van der Waals surface area contributed by atoms with Crippen molar-refractivity contribution in [1.82, 2.24) is 9.88 Å². The van der Waals surface area contributed by atoms with Gasteiger partial charge in [-0.1, -0.05) is 49.7 Å². The second-order valence-corrected chi connectivity index (χ2v) is 10.0. The molecule has 2 aromatic carbocycles. The minimum Gasteiger partial charge on any atom is -0.358 e. The number of hydrogen-bond acceptors (Lipinski definition) is 2. The number of anilines is 1. The lowest BCUT2D eigenvalue weighted by Gasteiger charge is -2.18. The Bertz CT molecular complexity index is 1320. The number of benzene rings is 2. The van der Waals surface area contributed by atoms with Gasteiger partial charge in [0.15, 0.2) is 0 Å². The minimum absolute atomic E-state index is 0.0149. The summed E-state index contributed by atoms with van der Waals surface area (Å²) < 4.78 is 0. The van der Waals surface area contributed by atoms with Crippen LogP contribution in [0.15, 0.2) is 48.5 Å². The fourth-order valence-electron chi connectivity index (χ4n) is 5.02. The highest BCUT2D eigenvalue weighted by Crippen LogP contribution is 2.41. The Morgan fingerprint density at radius 1 is 1.18 bits per heavy atom. The van der Waals surface area contributed by atoms with Gasteiger partial charge in [0.25, 0.3) is 11.8 Å². The number of likely N-dealkylation sites (tertiary alicyclic amines) is 1. The number of carbonyl (C=O) groups is 2. The average Bonchev–Trinajstić information content (AvgIpc) is 3.51. The molecule has 0 aliphatic carbocycles. The summed E-state index contributed by atoms with van der Waals surface area (Å²) in [6, 6.07) is 15.3. The van der Waals surface area contributed by atoms with Crippen LogP contribution in [0.1, 0.15) is 47.6 Å². The van der Waals surface area contributed by atoms with Crippen LogP contribution in [0.4, 0.5) is 5.69 Å². The molecule has 2 aliphatic rings. The normalized spacial score (nSPS) is 18.6. The number of H-pyrrole nitrogens is 1. The molecule has 0 bridgehead atoms. The Morgan fingerprint density at radius 2 is 1.97 bits per heavy atom. The van der Waals surface area contributed by atoms with E-state index in [-0.39, 0.29) is 11.8 Å². The summed E-state index contributed by atoms with van der Waals surface area (Å²) in [5.41, 5.74) is 6.11. The lowest BCUT2D eigenvalue weighted by atomic mass is 9.94. The molecular formula is C28H28ClN3O2. The van der Waals surface area contributed by atoms with Crippen LogP contribution in [0.2, 0.25) is 5.02 Å². The zero-order valence-corrected chi connectivity index (χ0v) is 20.4. The van der Waals surface area contributed by atoms with E-state index in [2.05, 4.69) is 24.1 Å². The largest absolute Gasteiger partial charge is 0.358 e. The molecule has 1 saturated heterocycles. The first-order valence-electron chi connectivity index (χ1n) is 11.7. The van der Waals surface area contributed by atoms with Gasteiger partial charge in [0.2, 0.25) is 0 Å². The molecule has 2 N–H and O–H groups in total. The van der Waals surface area contributed by atoms with Gasteiger partial charge < -0.3 is 15.2 Å². The number of hydrogen-bond donors (Lipinski definition) is 2. The van der Waals surface area contributed by atoms with Crippen molar-refractivity contribution in [3.05, 3.63) is 76.1 Å². The topological polar surface area (TPSA) is 65.2 Å². The molecule has 5 nitrogen and oxygen atoms in total. The van der Waals surface area contributed by atoms with Gasteiger partial charge in [-0.15, -0.1) is 0 Å². The Kier molecular flexibility index (Phi) is 5.82. The molecule has 1 atom stereocenters. The van der Waals surface area contributed by atoms with E-state index < -0.39 is 0 Å². The van der Waals surface area contributed by atoms with E-state index in [1.54, 1.807) is 0 Å². The van der Waals surface area contributed by atoms with Crippen LogP contribution in [0.5, 0.6) is 0 Å². The molecule has 0 radical (unpaired) electrons. The first-order chi connectivity index (χ1) is 16.3. The van der Waals surface area contributed by atoms with E-state index in [0.717, 1.165) is 47.6 Å². The highest BCUT2D eigenvalue weighted by atomic mass is 35.5. The Balaban J connectivity index is 1.56. The Labute approximate surface area is 204 Å². The van der Waals surface area contributed by atoms with Gasteiger partial charge in [-0.25, -0.2) is 0 Å². The smallest absolute Gasteiger partial charge is 0.256 e. The molecule has 174 valence electrons. The van der Waals surface area contributed by atoms with Crippen LogP contribution >= 0.6 is 11.6 Å². The lowest BCUT2D eigenvalue weighted by Crippen LogP contribution is -2.29. The van der Waals surface area contributed by atoms with E-state index >= 15 is 0 Å². The fourth-order valence-corrected chi connectivity index (χ4v) is 5.21. The first kappa shape index (κ1) is 22.5. The maximum atomic E-state index is 13.4. The summed E-state index contributed by atoms with van der Waals surface area (Å²) in [6.45, 7) is 7.90. The summed E-state index contributed by atoms with van der Waals surface area (Å²) >= 11 is 6.25. The number of nitrogens with one attached hydrogen (secondary N) is 2. The third kappa shape index (κ3) is 4.05. The number of aryl methyl sites for hydroxylation is 1. The summed E-state index contributed by atoms with van der Waals surface area (Å²) in [7, 11) is 0. The van der Waals surface area contributed by atoms with Crippen molar-refractivity contribution < 1.29 is 9.59 Å². The van der Waals surface area contributed by atoms with Crippen molar-refractivity contribution in [3.8, 4) is 11.1 Å². The molecule has 1 aromatic heterocycles. The van der Waals surface area contributed by atoms with Crippen LogP contribution < -0.4 is 5.32 Å². The lowest BCUT2D eigenvalue weighted by molar-refractivity contribution is -0.110. The SMILES string of the molecule is Cc1cc(C(=O)N2CC[C@@H](C(C)C)C2)c(C=C2C(=O)Nc3cccc(-c4cccc(Cl)c4)c32)[nH]1. The van der Waals surface area contributed by atoms with E-state index in [1.807, 2.05) is 66.4 Å². The number of rotatable bonds is 4. The van der Waals surface area contributed by atoms with Gasteiger partial charge in [0, 0.05) is 35.1 Å². The van der Waals surface area contributed by atoms with Gasteiger partial charge in [-0.3, -0.25) is 9.59 Å². The van der Waals surface area contributed by atoms with E-state index in [1.165, 1.54) is 0 Å². The molecule has 0 unspecified atom stereocenters. The zero-order valence-electron chi connectivity index (χ0n) is 19.6. The average molecular weight is 474 g/mol. The molecule has 3 heterocycles. The number of amides is 2. The molecule has 3 aromatic rings. The Hall–Kier alpha value is -3.31. The molecule has 1 fully saturated rings. The van der Waals surface area contributed by atoms with Crippen molar-refractivity contribution in [2.24, 2.45) is 11.8 Å². The fraction of sp³-hybridized carbons (Fsp3) is 0.286. The second-order valence-electron chi connectivity index (χ2n) is 9.57. The molecule has 5 rings (SSSR count). The second kappa shape index (κ2) is 8.80. The number of fused-ring (bicyclic) bond motifs is 1. The number of aromatic nitrogens is 1. The molecule has 34 heavy (non-hydrogen) atoms. The number of nitrogens with zero attached hydrogens (tertiary/aromatic N) is 1. The van der Waals surface area contributed by atoms with E-state index in [4.69, 9.17) is 11.6 Å². The van der Waals surface area contributed by atoms with Crippen LogP contribution in [0, 0.1) is 18.8 Å². The molecule has 2 amide bonds. The number of halogens is 1. The van der Waals surface area contributed by atoms with Crippen molar-refractivity contribution >= 4 is 40.8 Å². The van der Waals surface area contributed by atoms with Crippen LogP contribution in [-0.2, 0) is 4.79 Å². The summed E-state index contributed by atoms with van der Waals surface area (Å²) in [6.07, 6.45) is 2.84.